The monoisotopic (exact) mass is 338 g/mol. The molecule has 0 bridgehead atoms. The molecular formula is C18H34N4O2. The van der Waals surface area contributed by atoms with Crippen LogP contribution in [0.4, 0.5) is 0 Å². The summed E-state index contributed by atoms with van der Waals surface area (Å²) in [4.78, 5) is 17.9. The highest BCUT2D eigenvalue weighted by molar-refractivity contribution is 5.85. The van der Waals surface area contributed by atoms with Gasteiger partial charge in [0.1, 0.15) is 6.54 Å². The molecule has 24 heavy (non-hydrogen) atoms. The van der Waals surface area contributed by atoms with Gasteiger partial charge in [0.2, 0.25) is 5.91 Å². The Morgan fingerprint density at radius 2 is 2.08 bits per heavy atom. The van der Waals surface area contributed by atoms with Gasteiger partial charge < -0.3 is 20.3 Å². The van der Waals surface area contributed by atoms with Crippen molar-refractivity contribution in [3.63, 3.8) is 0 Å². The van der Waals surface area contributed by atoms with Crippen LogP contribution in [0, 0.1) is 11.3 Å². The fraction of sp³-hybridized carbons (Fsp3) is 0.889. The number of carbonyl (C=O) groups excluding carboxylic acids is 1. The lowest BCUT2D eigenvalue weighted by molar-refractivity contribution is -0.168. The average Bonchev–Trinajstić information content (AvgIpc) is 2.45. The smallest absolute Gasteiger partial charge is 0.243 e. The van der Waals surface area contributed by atoms with E-state index in [9.17, 15) is 4.79 Å². The van der Waals surface area contributed by atoms with Crippen molar-refractivity contribution in [1.82, 2.24) is 15.5 Å². The number of carbonyl (C=O) groups is 1. The van der Waals surface area contributed by atoms with Gasteiger partial charge in [-0.2, -0.15) is 0 Å². The maximum Gasteiger partial charge on any atom is 0.243 e. The van der Waals surface area contributed by atoms with Crippen molar-refractivity contribution in [2.24, 2.45) is 16.3 Å². The highest BCUT2D eigenvalue weighted by atomic mass is 16.5. The van der Waals surface area contributed by atoms with Crippen molar-refractivity contribution >= 4 is 11.9 Å². The fourth-order valence-corrected chi connectivity index (χ4v) is 3.55. The minimum absolute atomic E-state index is 0.0137. The average molecular weight is 338 g/mol. The number of guanidine groups is 1. The number of rotatable bonds is 7. The first-order chi connectivity index (χ1) is 11.4. The van der Waals surface area contributed by atoms with E-state index in [0.29, 0.717) is 18.1 Å². The van der Waals surface area contributed by atoms with E-state index in [1.807, 2.05) is 0 Å². The van der Waals surface area contributed by atoms with E-state index in [4.69, 9.17) is 4.74 Å². The van der Waals surface area contributed by atoms with Gasteiger partial charge >= 0.3 is 0 Å². The summed E-state index contributed by atoms with van der Waals surface area (Å²) in [5.74, 6) is 1.29. The maximum atomic E-state index is 11.8. The van der Waals surface area contributed by atoms with Crippen LogP contribution >= 0.6 is 0 Å². The van der Waals surface area contributed by atoms with Gasteiger partial charge in [-0.15, -0.1) is 0 Å². The highest BCUT2D eigenvalue weighted by Gasteiger charge is 2.59. The van der Waals surface area contributed by atoms with Gasteiger partial charge in [-0.1, -0.05) is 20.3 Å². The molecule has 2 unspecified atom stereocenters. The van der Waals surface area contributed by atoms with Gasteiger partial charge in [0.15, 0.2) is 5.96 Å². The van der Waals surface area contributed by atoms with Crippen LogP contribution in [0.25, 0.3) is 0 Å². The third-order valence-corrected chi connectivity index (χ3v) is 5.30. The summed E-state index contributed by atoms with van der Waals surface area (Å²) in [5, 5.41) is 6.95. The van der Waals surface area contributed by atoms with Gasteiger partial charge in [-0.05, 0) is 32.1 Å². The van der Waals surface area contributed by atoms with Crippen LogP contribution < -0.4 is 10.6 Å². The third-order valence-electron chi connectivity index (χ3n) is 5.30. The number of aliphatic imine (C=N–C) groups is 1. The van der Waals surface area contributed by atoms with Gasteiger partial charge in [0, 0.05) is 38.7 Å². The predicted molar refractivity (Wildman–Crippen MR) is 97.1 cm³/mol. The van der Waals surface area contributed by atoms with Crippen LogP contribution in [0.2, 0.25) is 0 Å². The van der Waals surface area contributed by atoms with E-state index in [-0.39, 0.29) is 17.9 Å². The van der Waals surface area contributed by atoms with Crippen LogP contribution in [0.1, 0.15) is 46.5 Å². The Balaban J connectivity index is 1.97. The first-order valence-electron chi connectivity index (χ1n) is 9.25. The molecule has 6 heteroatoms. The highest BCUT2D eigenvalue weighted by Crippen LogP contribution is 2.57. The number of ether oxygens (including phenoxy) is 1. The van der Waals surface area contributed by atoms with E-state index >= 15 is 0 Å². The summed E-state index contributed by atoms with van der Waals surface area (Å²) in [6.45, 7) is 8.20. The summed E-state index contributed by atoms with van der Waals surface area (Å²) >= 11 is 0. The Bertz CT molecular complexity index is 458. The van der Waals surface area contributed by atoms with Crippen molar-refractivity contribution < 1.29 is 9.53 Å². The van der Waals surface area contributed by atoms with Gasteiger partial charge in [0.25, 0.3) is 0 Å². The van der Waals surface area contributed by atoms with Crippen LogP contribution in [0.15, 0.2) is 4.99 Å². The lowest BCUT2D eigenvalue weighted by Crippen LogP contribution is -2.68. The molecule has 0 aromatic carbocycles. The molecule has 2 atom stereocenters. The minimum atomic E-state index is 0.0137. The molecular weight excluding hydrogens is 304 g/mol. The second kappa shape index (κ2) is 8.19. The van der Waals surface area contributed by atoms with Crippen molar-refractivity contribution in [2.75, 3.05) is 33.8 Å². The summed E-state index contributed by atoms with van der Waals surface area (Å²) in [6, 6.07) is 0.399. The molecule has 2 aliphatic carbocycles. The second-order valence-electron chi connectivity index (χ2n) is 7.69. The number of likely N-dealkylation sites (N-methyl/N-ethyl adjacent to an activating group) is 1. The molecule has 2 aliphatic rings. The molecule has 0 aliphatic heterocycles. The predicted octanol–water partition coefficient (Wildman–Crippen LogP) is 1.61. The first-order valence-corrected chi connectivity index (χ1v) is 9.25. The maximum absolute atomic E-state index is 11.8. The molecule has 2 fully saturated rings. The summed E-state index contributed by atoms with van der Waals surface area (Å²) in [5.41, 5.74) is 0.280. The molecule has 138 valence electrons. The number of hydrogen-bond donors (Lipinski definition) is 2. The Morgan fingerprint density at radius 3 is 2.58 bits per heavy atom. The summed E-state index contributed by atoms with van der Waals surface area (Å²) in [6.07, 6.45) is 5.14. The number of amides is 1. The summed E-state index contributed by atoms with van der Waals surface area (Å²) < 4.78 is 5.91. The van der Waals surface area contributed by atoms with Crippen LogP contribution in [0.5, 0.6) is 0 Å². The second-order valence-corrected chi connectivity index (χ2v) is 7.69. The molecule has 1 amide bonds. The largest absolute Gasteiger partial charge is 0.378 e. The lowest BCUT2D eigenvalue weighted by Gasteiger charge is -2.61. The van der Waals surface area contributed by atoms with E-state index in [0.717, 1.165) is 25.5 Å². The SMILES string of the molecule is CCOC1CC(NC(=NCC(=O)N(C)C)NCC(C)C)C12CCC2. The normalized spacial score (nSPS) is 25.2. The molecule has 0 saturated heterocycles. The van der Waals surface area contributed by atoms with E-state index in [1.165, 1.54) is 19.3 Å². The molecule has 0 radical (unpaired) electrons. The van der Waals surface area contributed by atoms with Crippen molar-refractivity contribution in [1.29, 1.82) is 0 Å². The molecule has 6 nitrogen and oxygen atoms in total. The molecule has 2 saturated carbocycles. The summed E-state index contributed by atoms with van der Waals surface area (Å²) in [7, 11) is 3.52. The van der Waals surface area contributed by atoms with Crippen molar-refractivity contribution in [2.45, 2.75) is 58.6 Å². The zero-order chi connectivity index (χ0) is 17.7. The van der Waals surface area contributed by atoms with Gasteiger partial charge in [-0.25, -0.2) is 4.99 Å². The van der Waals surface area contributed by atoms with E-state index in [2.05, 4.69) is 36.4 Å². The molecule has 0 aromatic heterocycles. The molecule has 2 N–H and O–H groups in total. The molecule has 1 spiro atoms. The van der Waals surface area contributed by atoms with Crippen molar-refractivity contribution in [3.05, 3.63) is 0 Å². The molecule has 2 rings (SSSR count). The van der Waals surface area contributed by atoms with E-state index in [1.54, 1.807) is 19.0 Å². The van der Waals surface area contributed by atoms with Gasteiger partial charge in [-0.3, -0.25) is 4.79 Å². The first kappa shape index (κ1) is 19.0. The van der Waals surface area contributed by atoms with Gasteiger partial charge in [0.05, 0.1) is 6.10 Å². The molecule has 0 aromatic rings. The fourth-order valence-electron chi connectivity index (χ4n) is 3.55. The lowest BCUT2D eigenvalue weighted by atomic mass is 9.51. The Hall–Kier alpha value is -1.30. The standard InChI is InChI=1S/C18H34N4O2/c1-6-24-15-10-14(18(15)8-7-9-18)21-17(19-11-13(2)3)20-12-16(23)22(4)5/h13-15H,6-12H2,1-5H3,(H2,19,20,21). The number of hydrogen-bond acceptors (Lipinski definition) is 3. The van der Waals surface area contributed by atoms with Crippen LogP contribution in [-0.4, -0.2) is 62.7 Å². The Labute approximate surface area is 146 Å². The zero-order valence-corrected chi connectivity index (χ0v) is 15.9. The Kier molecular flexibility index (Phi) is 6.49. The topological polar surface area (TPSA) is 66.0 Å². The van der Waals surface area contributed by atoms with E-state index < -0.39 is 0 Å². The quantitative estimate of drug-likeness (QED) is 0.547. The zero-order valence-electron chi connectivity index (χ0n) is 15.9. The Morgan fingerprint density at radius 1 is 1.38 bits per heavy atom. The van der Waals surface area contributed by atoms with Crippen molar-refractivity contribution in [3.8, 4) is 0 Å². The molecule has 0 heterocycles. The third kappa shape index (κ3) is 4.21. The number of nitrogens with one attached hydrogen (secondary N) is 2. The minimum Gasteiger partial charge on any atom is -0.378 e. The number of nitrogens with zero attached hydrogens (tertiary/aromatic N) is 2. The van der Waals surface area contributed by atoms with Crippen LogP contribution in [0.3, 0.4) is 0 Å². The van der Waals surface area contributed by atoms with Crippen LogP contribution in [-0.2, 0) is 9.53 Å².